The molecule has 0 aliphatic heterocycles. The number of halogens is 1. The van der Waals surface area contributed by atoms with Gasteiger partial charge >= 0.3 is 11.9 Å². The van der Waals surface area contributed by atoms with Crippen molar-refractivity contribution in [2.45, 2.75) is 13.8 Å². The second kappa shape index (κ2) is 7.28. The van der Waals surface area contributed by atoms with E-state index in [4.69, 9.17) is 15.2 Å². The minimum absolute atomic E-state index is 0.0136. The van der Waals surface area contributed by atoms with Crippen LogP contribution in [0.15, 0.2) is 24.3 Å². The first-order chi connectivity index (χ1) is 9.32. The standard InChI is InChI=1S/C14H16INO4/c1-8(2)13(17)19-4-5-20-14(18)11-7-10(15)6-9(3)12(11)16/h6-7H,1,4-5,16H2,2-3H3. The number of hydrogen-bond acceptors (Lipinski definition) is 5. The van der Waals surface area contributed by atoms with Gasteiger partial charge in [0.2, 0.25) is 0 Å². The first kappa shape index (κ1) is 16.5. The third-order valence-electron chi connectivity index (χ3n) is 2.47. The van der Waals surface area contributed by atoms with Crippen LogP contribution in [-0.4, -0.2) is 25.2 Å². The highest BCUT2D eigenvalue weighted by molar-refractivity contribution is 14.1. The topological polar surface area (TPSA) is 78.6 Å². The molecule has 0 radical (unpaired) electrons. The highest BCUT2D eigenvalue weighted by Crippen LogP contribution is 2.21. The number of anilines is 1. The van der Waals surface area contributed by atoms with Gasteiger partial charge in [0, 0.05) is 14.8 Å². The monoisotopic (exact) mass is 389 g/mol. The molecule has 0 saturated heterocycles. The number of esters is 2. The van der Waals surface area contributed by atoms with Crippen LogP contribution >= 0.6 is 22.6 Å². The summed E-state index contributed by atoms with van der Waals surface area (Å²) in [5.41, 5.74) is 7.68. The number of benzene rings is 1. The van der Waals surface area contributed by atoms with Gasteiger partial charge in [-0.05, 0) is 54.1 Å². The number of rotatable bonds is 5. The van der Waals surface area contributed by atoms with Gasteiger partial charge in [-0.1, -0.05) is 6.58 Å². The zero-order chi connectivity index (χ0) is 15.3. The smallest absolute Gasteiger partial charge is 0.340 e. The maximum absolute atomic E-state index is 11.9. The average molecular weight is 389 g/mol. The minimum atomic E-state index is -0.532. The number of nitrogen functional groups attached to an aromatic ring is 1. The van der Waals surface area contributed by atoms with E-state index in [0.29, 0.717) is 16.8 Å². The average Bonchev–Trinajstić information content (AvgIpc) is 2.38. The summed E-state index contributed by atoms with van der Waals surface area (Å²) in [6, 6.07) is 3.53. The molecule has 2 N–H and O–H groups in total. The van der Waals surface area contributed by atoms with Gasteiger partial charge in [0.25, 0.3) is 0 Å². The maximum Gasteiger partial charge on any atom is 0.340 e. The number of aryl methyl sites for hydroxylation is 1. The molecule has 0 aliphatic rings. The number of nitrogens with two attached hydrogens (primary N) is 1. The van der Waals surface area contributed by atoms with E-state index in [0.717, 1.165) is 9.13 Å². The Labute approximate surface area is 131 Å². The van der Waals surface area contributed by atoms with Crippen LogP contribution in [0.5, 0.6) is 0 Å². The van der Waals surface area contributed by atoms with Crippen LogP contribution in [0.25, 0.3) is 0 Å². The molecule has 0 saturated carbocycles. The molecule has 0 heterocycles. The van der Waals surface area contributed by atoms with Crippen molar-refractivity contribution in [2.24, 2.45) is 0 Å². The fraction of sp³-hybridized carbons (Fsp3) is 0.286. The molecule has 5 nitrogen and oxygen atoms in total. The van der Waals surface area contributed by atoms with E-state index in [9.17, 15) is 9.59 Å². The summed E-state index contributed by atoms with van der Waals surface area (Å²) in [6.07, 6.45) is 0. The molecular formula is C14H16INO4. The van der Waals surface area contributed by atoms with Crippen molar-refractivity contribution in [2.75, 3.05) is 18.9 Å². The zero-order valence-corrected chi connectivity index (χ0v) is 13.5. The van der Waals surface area contributed by atoms with Gasteiger partial charge in [0.05, 0.1) is 5.56 Å². The Morgan fingerprint density at radius 3 is 2.50 bits per heavy atom. The van der Waals surface area contributed by atoms with Crippen molar-refractivity contribution < 1.29 is 19.1 Å². The minimum Gasteiger partial charge on any atom is -0.459 e. The molecule has 0 unspecified atom stereocenters. The van der Waals surface area contributed by atoms with Crippen molar-refractivity contribution in [1.29, 1.82) is 0 Å². The van der Waals surface area contributed by atoms with Crippen LogP contribution in [0.2, 0.25) is 0 Å². The van der Waals surface area contributed by atoms with Crippen molar-refractivity contribution in [3.05, 3.63) is 39.0 Å². The van der Waals surface area contributed by atoms with Crippen molar-refractivity contribution >= 4 is 40.2 Å². The molecule has 0 bridgehead atoms. The van der Waals surface area contributed by atoms with Crippen molar-refractivity contribution in [3.8, 4) is 0 Å². The van der Waals surface area contributed by atoms with Crippen LogP contribution in [0.3, 0.4) is 0 Å². The Morgan fingerprint density at radius 1 is 1.30 bits per heavy atom. The first-order valence-electron chi connectivity index (χ1n) is 5.88. The fourth-order valence-electron chi connectivity index (χ4n) is 1.39. The summed E-state index contributed by atoms with van der Waals surface area (Å²) in [4.78, 5) is 23.0. The number of carbonyl (C=O) groups is 2. The molecule has 108 valence electrons. The molecule has 0 amide bonds. The van der Waals surface area contributed by atoms with Crippen molar-refractivity contribution in [3.63, 3.8) is 0 Å². The van der Waals surface area contributed by atoms with E-state index >= 15 is 0 Å². The number of ether oxygens (including phenoxy) is 2. The lowest BCUT2D eigenvalue weighted by atomic mass is 10.1. The number of hydrogen-bond donors (Lipinski definition) is 1. The van der Waals surface area contributed by atoms with Gasteiger partial charge in [-0.25, -0.2) is 9.59 Å². The SMILES string of the molecule is C=C(C)C(=O)OCCOC(=O)c1cc(I)cc(C)c1N. The molecule has 0 fully saturated rings. The van der Waals surface area contributed by atoms with E-state index in [2.05, 4.69) is 29.2 Å². The summed E-state index contributed by atoms with van der Waals surface area (Å²) in [7, 11) is 0. The lowest BCUT2D eigenvalue weighted by Crippen LogP contribution is -2.15. The Morgan fingerprint density at radius 2 is 1.90 bits per heavy atom. The molecule has 1 aromatic rings. The lowest BCUT2D eigenvalue weighted by Gasteiger charge is -2.10. The van der Waals surface area contributed by atoms with E-state index in [1.165, 1.54) is 0 Å². The third-order valence-corrected chi connectivity index (χ3v) is 3.09. The van der Waals surface area contributed by atoms with E-state index in [-0.39, 0.29) is 13.2 Å². The highest BCUT2D eigenvalue weighted by Gasteiger charge is 2.14. The van der Waals surface area contributed by atoms with Crippen LogP contribution in [-0.2, 0) is 14.3 Å². The Hall–Kier alpha value is -1.57. The van der Waals surface area contributed by atoms with Crippen LogP contribution in [0, 0.1) is 10.5 Å². The molecule has 0 atom stereocenters. The predicted molar refractivity (Wildman–Crippen MR) is 84.4 cm³/mol. The summed E-state index contributed by atoms with van der Waals surface area (Å²) >= 11 is 2.10. The molecule has 0 spiro atoms. The second-order valence-electron chi connectivity index (χ2n) is 4.24. The van der Waals surface area contributed by atoms with Gasteiger partial charge in [-0.3, -0.25) is 0 Å². The Bertz CT molecular complexity index is 554. The Kier molecular flexibility index (Phi) is 6.00. The Balaban J connectivity index is 2.56. The molecular weight excluding hydrogens is 373 g/mol. The predicted octanol–water partition coefficient (Wildman–Crippen LogP) is 2.46. The summed E-state index contributed by atoms with van der Waals surface area (Å²) in [5.74, 6) is -1.04. The van der Waals surface area contributed by atoms with Gasteiger partial charge in [0.1, 0.15) is 13.2 Å². The zero-order valence-electron chi connectivity index (χ0n) is 11.4. The van der Waals surface area contributed by atoms with Gasteiger partial charge in [-0.2, -0.15) is 0 Å². The third kappa shape index (κ3) is 4.52. The van der Waals surface area contributed by atoms with Gasteiger partial charge in [-0.15, -0.1) is 0 Å². The first-order valence-corrected chi connectivity index (χ1v) is 6.96. The molecule has 0 aliphatic carbocycles. The normalized spacial score (nSPS) is 9.95. The quantitative estimate of drug-likeness (QED) is 0.275. The lowest BCUT2D eigenvalue weighted by molar-refractivity contribution is -0.140. The van der Waals surface area contributed by atoms with Gasteiger partial charge in [0.15, 0.2) is 0 Å². The van der Waals surface area contributed by atoms with E-state index in [1.807, 2.05) is 13.0 Å². The van der Waals surface area contributed by atoms with E-state index < -0.39 is 11.9 Å². The van der Waals surface area contributed by atoms with Gasteiger partial charge < -0.3 is 15.2 Å². The molecule has 20 heavy (non-hydrogen) atoms. The van der Waals surface area contributed by atoms with Crippen molar-refractivity contribution in [1.82, 2.24) is 0 Å². The molecule has 1 rings (SSSR count). The fourth-order valence-corrected chi connectivity index (χ4v) is 2.17. The summed E-state index contributed by atoms with van der Waals surface area (Å²) < 4.78 is 10.7. The molecule has 0 aromatic heterocycles. The summed E-state index contributed by atoms with van der Waals surface area (Å²) in [5, 5.41) is 0. The van der Waals surface area contributed by atoms with E-state index in [1.54, 1.807) is 13.0 Å². The van der Waals surface area contributed by atoms with Crippen LogP contribution in [0.4, 0.5) is 5.69 Å². The van der Waals surface area contributed by atoms with Crippen LogP contribution in [0.1, 0.15) is 22.8 Å². The maximum atomic E-state index is 11.9. The summed E-state index contributed by atoms with van der Waals surface area (Å²) in [6.45, 7) is 6.78. The molecule has 6 heteroatoms. The molecule has 1 aromatic carbocycles. The largest absolute Gasteiger partial charge is 0.459 e. The number of carbonyl (C=O) groups excluding carboxylic acids is 2. The second-order valence-corrected chi connectivity index (χ2v) is 5.48. The highest BCUT2D eigenvalue weighted by atomic mass is 127. The van der Waals surface area contributed by atoms with Crippen LogP contribution < -0.4 is 5.73 Å².